The second-order valence-corrected chi connectivity index (χ2v) is 6.96. The number of carbonyl (C=O) groups is 1. The molecule has 1 aliphatic heterocycles. The number of primary amides is 1. The zero-order valence-electron chi connectivity index (χ0n) is 13.4. The van der Waals surface area contributed by atoms with Gasteiger partial charge in [-0.25, -0.2) is 14.4 Å². The van der Waals surface area contributed by atoms with Crippen LogP contribution < -0.4 is 5.73 Å². The predicted molar refractivity (Wildman–Crippen MR) is 92.6 cm³/mol. The average Bonchev–Trinajstić information content (AvgIpc) is 3.20. The van der Waals surface area contributed by atoms with Crippen LogP contribution in [0.3, 0.4) is 0 Å². The molecule has 10 heteroatoms. The maximum absolute atomic E-state index is 13.0. The Morgan fingerprint density at radius 2 is 2.04 bits per heavy atom. The number of hydrogen-bond acceptors (Lipinski definition) is 8. The Morgan fingerprint density at radius 1 is 1.27 bits per heavy atom. The van der Waals surface area contributed by atoms with Gasteiger partial charge in [0.2, 0.25) is 17.7 Å². The van der Waals surface area contributed by atoms with Gasteiger partial charge in [-0.3, -0.25) is 9.79 Å². The lowest BCUT2D eigenvalue weighted by molar-refractivity contribution is -0.117. The number of aliphatic imine (C=N–C) groups is 1. The molecular weight excluding hydrogens is 359 g/mol. The van der Waals surface area contributed by atoms with Crippen molar-refractivity contribution in [3.05, 3.63) is 54.0 Å². The van der Waals surface area contributed by atoms with Gasteiger partial charge in [0, 0.05) is 5.57 Å². The molecule has 2 aromatic rings. The molecule has 3 heterocycles. The van der Waals surface area contributed by atoms with Crippen molar-refractivity contribution in [2.45, 2.75) is 24.1 Å². The van der Waals surface area contributed by atoms with Crippen molar-refractivity contribution in [3.8, 4) is 0 Å². The van der Waals surface area contributed by atoms with E-state index in [4.69, 9.17) is 10.2 Å². The largest absolute Gasteiger partial charge is 0.424 e. The van der Waals surface area contributed by atoms with Crippen LogP contribution in [0.25, 0.3) is 5.57 Å². The molecule has 8 nitrogen and oxygen atoms in total. The van der Waals surface area contributed by atoms with Crippen molar-refractivity contribution in [1.29, 1.82) is 0 Å². The summed E-state index contributed by atoms with van der Waals surface area (Å²) in [7, 11) is 0. The van der Waals surface area contributed by atoms with Crippen molar-refractivity contribution < 1.29 is 13.6 Å². The third-order valence-electron chi connectivity index (χ3n) is 3.73. The van der Waals surface area contributed by atoms with E-state index in [2.05, 4.69) is 25.2 Å². The summed E-state index contributed by atoms with van der Waals surface area (Å²) in [5, 5.41) is 8.67. The van der Waals surface area contributed by atoms with E-state index in [0.717, 1.165) is 23.0 Å². The first-order valence-corrected chi connectivity index (χ1v) is 8.65. The molecule has 0 radical (unpaired) electrons. The van der Waals surface area contributed by atoms with Crippen molar-refractivity contribution in [2.24, 2.45) is 10.7 Å². The van der Waals surface area contributed by atoms with Gasteiger partial charge in [0.15, 0.2) is 11.6 Å². The van der Waals surface area contributed by atoms with Gasteiger partial charge >= 0.3 is 0 Å². The number of nitrogens with zero attached hydrogens (tertiary/aromatic N) is 5. The number of amides is 1. The number of halogens is 1. The number of allylic oxidation sites excluding steroid dienone is 2. The minimum Gasteiger partial charge on any atom is -0.424 e. The van der Waals surface area contributed by atoms with E-state index >= 15 is 0 Å². The Bertz CT molecular complexity index is 936. The molecule has 2 unspecified atom stereocenters. The van der Waals surface area contributed by atoms with Crippen LogP contribution in [0.1, 0.15) is 17.6 Å². The molecule has 0 aromatic carbocycles. The maximum Gasteiger partial charge on any atom is 0.226 e. The smallest absolute Gasteiger partial charge is 0.226 e. The van der Waals surface area contributed by atoms with Crippen LogP contribution in [0.2, 0.25) is 0 Å². The van der Waals surface area contributed by atoms with Gasteiger partial charge in [0.1, 0.15) is 6.42 Å². The van der Waals surface area contributed by atoms with E-state index in [1.165, 1.54) is 0 Å². The molecule has 2 N–H and O–H groups in total. The van der Waals surface area contributed by atoms with E-state index in [1.54, 1.807) is 11.8 Å². The highest BCUT2D eigenvalue weighted by molar-refractivity contribution is 8.14. The zero-order chi connectivity index (χ0) is 18.1. The molecule has 0 bridgehead atoms. The lowest BCUT2D eigenvalue weighted by Crippen LogP contribution is -2.16. The van der Waals surface area contributed by atoms with Crippen LogP contribution >= 0.6 is 11.8 Å². The van der Waals surface area contributed by atoms with Crippen LogP contribution in [-0.4, -0.2) is 42.4 Å². The van der Waals surface area contributed by atoms with Crippen LogP contribution in [0.15, 0.2) is 40.0 Å². The zero-order valence-corrected chi connectivity index (χ0v) is 14.2. The molecule has 1 aliphatic carbocycles. The Balaban J connectivity index is 1.44. The van der Waals surface area contributed by atoms with Gasteiger partial charge in [0.25, 0.3) is 0 Å². The monoisotopic (exact) mass is 372 g/mol. The standard InChI is InChI=1S/C16H13FN6O2S/c17-9-6-19-16(20-7-9)8-1-2-10-11(3-8)26-15(21-10)5-14-23-22-13(25-14)4-12(18)24/h1-3,6-7,10-11H,4-5H2,(H2,18,24). The number of nitrogens with two attached hydrogens (primary N) is 1. The molecule has 26 heavy (non-hydrogen) atoms. The van der Waals surface area contributed by atoms with Gasteiger partial charge in [-0.2, -0.15) is 0 Å². The van der Waals surface area contributed by atoms with E-state index < -0.39 is 11.7 Å². The molecule has 1 amide bonds. The number of thioether (sulfide) groups is 1. The number of hydrogen-bond donors (Lipinski definition) is 1. The minimum atomic E-state index is -0.524. The van der Waals surface area contributed by atoms with E-state index in [9.17, 15) is 9.18 Å². The molecule has 0 saturated carbocycles. The predicted octanol–water partition coefficient (Wildman–Crippen LogP) is 1.10. The Hall–Kier alpha value is -2.88. The van der Waals surface area contributed by atoms with Crippen LogP contribution in [0.4, 0.5) is 4.39 Å². The number of aromatic nitrogens is 4. The molecule has 132 valence electrons. The van der Waals surface area contributed by atoms with Gasteiger partial charge in [-0.1, -0.05) is 18.2 Å². The van der Waals surface area contributed by atoms with Crippen molar-refractivity contribution >= 4 is 28.3 Å². The normalized spacial score (nSPS) is 21.3. The highest BCUT2D eigenvalue weighted by atomic mass is 32.2. The van der Waals surface area contributed by atoms with E-state index in [1.807, 2.05) is 18.2 Å². The van der Waals surface area contributed by atoms with Crippen molar-refractivity contribution in [1.82, 2.24) is 20.2 Å². The molecule has 2 aliphatic rings. The first kappa shape index (κ1) is 16.6. The molecule has 0 fully saturated rings. The molecule has 4 rings (SSSR count). The highest BCUT2D eigenvalue weighted by Gasteiger charge is 2.30. The fourth-order valence-corrected chi connectivity index (χ4v) is 3.83. The summed E-state index contributed by atoms with van der Waals surface area (Å²) in [5.41, 5.74) is 5.94. The Labute approximate surface area is 151 Å². The second-order valence-electron chi connectivity index (χ2n) is 5.71. The lowest BCUT2D eigenvalue weighted by Gasteiger charge is -2.15. The average molecular weight is 372 g/mol. The SMILES string of the molecule is NC(=O)Cc1nnc(CC2=NC3C=CC(c4ncc(F)cn4)=CC3S2)o1. The third-order valence-corrected chi connectivity index (χ3v) is 4.94. The van der Waals surface area contributed by atoms with E-state index in [0.29, 0.717) is 18.1 Å². The fraction of sp³-hybridized carbons (Fsp3) is 0.250. The quantitative estimate of drug-likeness (QED) is 0.834. The number of rotatable bonds is 5. The second kappa shape index (κ2) is 6.79. The van der Waals surface area contributed by atoms with Crippen LogP contribution in [0.5, 0.6) is 0 Å². The van der Waals surface area contributed by atoms with Crippen molar-refractivity contribution in [3.63, 3.8) is 0 Å². The topological polar surface area (TPSA) is 120 Å². The summed E-state index contributed by atoms with van der Waals surface area (Å²) in [6.07, 6.45) is 8.49. The Morgan fingerprint density at radius 3 is 2.81 bits per heavy atom. The summed E-state index contributed by atoms with van der Waals surface area (Å²) in [6.45, 7) is 0. The summed E-state index contributed by atoms with van der Waals surface area (Å²) in [4.78, 5) is 23.5. The number of carbonyl (C=O) groups excluding carboxylic acids is 1. The maximum atomic E-state index is 13.0. The van der Waals surface area contributed by atoms with Gasteiger partial charge in [-0.15, -0.1) is 22.0 Å². The van der Waals surface area contributed by atoms with Crippen LogP contribution in [0, 0.1) is 5.82 Å². The first-order chi connectivity index (χ1) is 12.6. The Kier molecular flexibility index (Phi) is 4.33. The van der Waals surface area contributed by atoms with Gasteiger partial charge in [-0.05, 0) is 0 Å². The summed E-state index contributed by atoms with van der Waals surface area (Å²) in [6, 6.07) is 0.00668. The van der Waals surface area contributed by atoms with E-state index in [-0.39, 0.29) is 23.6 Å². The fourth-order valence-electron chi connectivity index (χ4n) is 2.62. The highest BCUT2D eigenvalue weighted by Crippen LogP contribution is 2.35. The summed E-state index contributed by atoms with van der Waals surface area (Å²) < 4.78 is 18.4. The summed E-state index contributed by atoms with van der Waals surface area (Å²) in [5.74, 6) is 0.0705. The van der Waals surface area contributed by atoms with Crippen LogP contribution in [-0.2, 0) is 17.6 Å². The molecule has 2 atom stereocenters. The third kappa shape index (κ3) is 3.54. The minimum absolute atomic E-state index is 0.00668. The number of fused-ring (bicyclic) bond motifs is 1. The lowest BCUT2D eigenvalue weighted by atomic mass is 10.0. The molecule has 0 saturated heterocycles. The summed E-state index contributed by atoms with van der Waals surface area (Å²) >= 11 is 1.59. The first-order valence-electron chi connectivity index (χ1n) is 7.77. The molecule has 0 spiro atoms. The van der Waals surface area contributed by atoms with Gasteiger partial charge in [0.05, 0.1) is 35.2 Å². The van der Waals surface area contributed by atoms with Crippen molar-refractivity contribution in [2.75, 3.05) is 0 Å². The molecular formula is C16H13FN6O2S. The molecule has 2 aromatic heterocycles. The van der Waals surface area contributed by atoms with Gasteiger partial charge < -0.3 is 10.2 Å².